The number of pyridine rings is 1. The molecule has 0 bridgehead atoms. The third-order valence-corrected chi connectivity index (χ3v) is 3.79. The quantitative estimate of drug-likeness (QED) is 0.856. The zero-order valence-corrected chi connectivity index (χ0v) is 10.6. The molecule has 0 saturated carbocycles. The molecule has 0 spiro atoms. The molecule has 3 heterocycles. The Balaban J connectivity index is 1.97. The first-order chi connectivity index (χ1) is 7.84. The van der Waals surface area contributed by atoms with Crippen LogP contribution in [0.2, 0.25) is 0 Å². The van der Waals surface area contributed by atoms with Crippen molar-refractivity contribution < 1.29 is 0 Å². The molecule has 1 unspecified atom stereocenters. The van der Waals surface area contributed by atoms with Crippen LogP contribution in [0.25, 0.3) is 5.52 Å². The molecule has 3 nitrogen and oxygen atoms in total. The molecule has 84 valence electrons. The summed E-state index contributed by atoms with van der Waals surface area (Å²) in [5.41, 5.74) is 1.15. The SMILES string of the molecule is Brc1cccc2cnc(CC3CCCN3)n12. The number of halogens is 1. The second-order valence-corrected chi connectivity index (χ2v) is 5.09. The number of imidazole rings is 1. The van der Waals surface area contributed by atoms with Crippen molar-refractivity contribution in [3.05, 3.63) is 34.8 Å². The largest absolute Gasteiger partial charge is 0.314 e. The van der Waals surface area contributed by atoms with E-state index in [2.05, 4.69) is 42.8 Å². The summed E-state index contributed by atoms with van der Waals surface area (Å²) >= 11 is 3.58. The van der Waals surface area contributed by atoms with Gasteiger partial charge in [0.2, 0.25) is 0 Å². The Kier molecular flexibility index (Phi) is 2.69. The minimum absolute atomic E-state index is 0.595. The Labute approximate surface area is 103 Å². The van der Waals surface area contributed by atoms with Crippen LogP contribution in [0.15, 0.2) is 29.0 Å². The van der Waals surface area contributed by atoms with Gasteiger partial charge in [0.25, 0.3) is 0 Å². The summed E-state index contributed by atoms with van der Waals surface area (Å²) < 4.78 is 3.26. The van der Waals surface area contributed by atoms with Crippen molar-refractivity contribution in [1.29, 1.82) is 0 Å². The first kappa shape index (κ1) is 10.3. The van der Waals surface area contributed by atoms with Crippen LogP contribution in [0.4, 0.5) is 0 Å². The number of nitrogens with one attached hydrogen (secondary N) is 1. The molecule has 1 atom stereocenters. The van der Waals surface area contributed by atoms with Crippen LogP contribution < -0.4 is 5.32 Å². The third-order valence-electron chi connectivity index (χ3n) is 3.17. The molecule has 0 aromatic carbocycles. The molecule has 1 N–H and O–H groups in total. The average molecular weight is 280 g/mol. The minimum Gasteiger partial charge on any atom is -0.314 e. The number of fused-ring (bicyclic) bond motifs is 1. The van der Waals surface area contributed by atoms with E-state index in [4.69, 9.17) is 0 Å². The van der Waals surface area contributed by atoms with E-state index in [0.29, 0.717) is 6.04 Å². The normalized spacial score (nSPS) is 20.7. The van der Waals surface area contributed by atoms with Crippen molar-refractivity contribution >= 4 is 21.4 Å². The van der Waals surface area contributed by atoms with Gasteiger partial charge in [0.15, 0.2) is 0 Å². The third kappa shape index (κ3) is 1.76. The van der Waals surface area contributed by atoms with Gasteiger partial charge in [-0.2, -0.15) is 0 Å². The molecule has 0 radical (unpaired) electrons. The second-order valence-electron chi connectivity index (χ2n) is 4.28. The number of rotatable bonds is 2. The highest BCUT2D eigenvalue weighted by atomic mass is 79.9. The van der Waals surface area contributed by atoms with Gasteiger partial charge >= 0.3 is 0 Å². The molecule has 0 aliphatic carbocycles. The van der Waals surface area contributed by atoms with Crippen molar-refractivity contribution in [2.45, 2.75) is 25.3 Å². The van der Waals surface area contributed by atoms with E-state index in [1.165, 1.54) is 12.8 Å². The van der Waals surface area contributed by atoms with E-state index in [0.717, 1.165) is 28.9 Å². The monoisotopic (exact) mass is 279 g/mol. The van der Waals surface area contributed by atoms with E-state index < -0.39 is 0 Å². The van der Waals surface area contributed by atoms with Crippen molar-refractivity contribution in [3.63, 3.8) is 0 Å². The summed E-state index contributed by atoms with van der Waals surface area (Å²) in [5.74, 6) is 1.14. The lowest BCUT2D eigenvalue weighted by atomic mass is 10.1. The number of aromatic nitrogens is 2. The van der Waals surface area contributed by atoms with Crippen molar-refractivity contribution in [1.82, 2.24) is 14.7 Å². The van der Waals surface area contributed by atoms with Crippen LogP contribution in [-0.4, -0.2) is 22.0 Å². The highest BCUT2D eigenvalue weighted by molar-refractivity contribution is 9.10. The first-order valence-electron chi connectivity index (χ1n) is 5.69. The Morgan fingerprint density at radius 1 is 1.50 bits per heavy atom. The number of hydrogen-bond acceptors (Lipinski definition) is 2. The molecule has 2 aromatic rings. The predicted molar refractivity (Wildman–Crippen MR) is 67.6 cm³/mol. The molecule has 3 rings (SSSR count). The molecule has 1 aliphatic rings. The fourth-order valence-corrected chi connectivity index (χ4v) is 2.93. The van der Waals surface area contributed by atoms with Gasteiger partial charge in [-0.25, -0.2) is 4.98 Å². The fourth-order valence-electron chi connectivity index (χ4n) is 2.37. The van der Waals surface area contributed by atoms with E-state index in [-0.39, 0.29) is 0 Å². The van der Waals surface area contributed by atoms with E-state index in [1.807, 2.05) is 12.3 Å². The lowest BCUT2D eigenvalue weighted by Crippen LogP contribution is -2.24. The van der Waals surface area contributed by atoms with Crippen LogP contribution in [0, 0.1) is 0 Å². The van der Waals surface area contributed by atoms with Gasteiger partial charge in [0.05, 0.1) is 16.3 Å². The molecule has 4 heteroatoms. The summed E-state index contributed by atoms with van der Waals surface area (Å²) in [6.45, 7) is 1.15. The predicted octanol–water partition coefficient (Wildman–Crippen LogP) is 2.39. The topological polar surface area (TPSA) is 29.3 Å². The molecule has 2 aromatic heterocycles. The lowest BCUT2D eigenvalue weighted by molar-refractivity contribution is 0.583. The first-order valence-corrected chi connectivity index (χ1v) is 6.48. The summed E-state index contributed by atoms with van der Waals surface area (Å²) in [4.78, 5) is 4.51. The summed E-state index contributed by atoms with van der Waals surface area (Å²) in [7, 11) is 0. The average Bonchev–Trinajstić information content (AvgIpc) is 2.90. The molecular weight excluding hydrogens is 266 g/mol. The molecule has 0 amide bonds. The van der Waals surface area contributed by atoms with Crippen molar-refractivity contribution in [2.24, 2.45) is 0 Å². The smallest absolute Gasteiger partial charge is 0.115 e. The molecule has 1 saturated heterocycles. The maximum absolute atomic E-state index is 4.51. The molecular formula is C12H14BrN3. The maximum atomic E-state index is 4.51. The van der Waals surface area contributed by atoms with Gasteiger partial charge in [0.1, 0.15) is 5.82 Å². The van der Waals surface area contributed by atoms with Crippen LogP contribution in [-0.2, 0) is 6.42 Å². The lowest BCUT2D eigenvalue weighted by Gasteiger charge is -2.09. The molecule has 1 fully saturated rings. The summed E-state index contributed by atoms with van der Waals surface area (Å²) in [6.07, 6.45) is 5.50. The Hall–Kier alpha value is -0.870. The van der Waals surface area contributed by atoms with Gasteiger partial charge in [-0.3, -0.25) is 4.40 Å². The van der Waals surface area contributed by atoms with Crippen LogP contribution >= 0.6 is 15.9 Å². The zero-order chi connectivity index (χ0) is 11.0. The Morgan fingerprint density at radius 2 is 2.44 bits per heavy atom. The Morgan fingerprint density at radius 3 is 3.25 bits per heavy atom. The van der Waals surface area contributed by atoms with Crippen molar-refractivity contribution in [3.8, 4) is 0 Å². The van der Waals surface area contributed by atoms with Gasteiger partial charge < -0.3 is 5.32 Å². The Bertz CT molecular complexity index is 500. The minimum atomic E-state index is 0.595. The molecule has 16 heavy (non-hydrogen) atoms. The fraction of sp³-hybridized carbons (Fsp3) is 0.417. The maximum Gasteiger partial charge on any atom is 0.115 e. The van der Waals surface area contributed by atoms with E-state index in [9.17, 15) is 0 Å². The van der Waals surface area contributed by atoms with Gasteiger partial charge in [-0.15, -0.1) is 0 Å². The summed E-state index contributed by atoms with van der Waals surface area (Å²) in [6, 6.07) is 6.78. The highest BCUT2D eigenvalue weighted by Gasteiger charge is 2.17. The second kappa shape index (κ2) is 4.18. The van der Waals surface area contributed by atoms with Gasteiger partial charge in [-0.1, -0.05) is 6.07 Å². The molecule has 1 aliphatic heterocycles. The van der Waals surface area contributed by atoms with E-state index in [1.54, 1.807) is 0 Å². The number of hydrogen-bond donors (Lipinski definition) is 1. The summed E-state index contributed by atoms with van der Waals surface area (Å²) in [5, 5.41) is 3.51. The number of nitrogens with zero attached hydrogens (tertiary/aromatic N) is 2. The van der Waals surface area contributed by atoms with Crippen LogP contribution in [0.3, 0.4) is 0 Å². The highest BCUT2D eigenvalue weighted by Crippen LogP contribution is 2.18. The zero-order valence-electron chi connectivity index (χ0n) is 8.99. The van der Waals surface area contributed by atoms with Crippen molar-refractivity contribution in [2.75, 3.05) is 6.54 Å². The van der Waals surface area contributed by atoms with E-state index >= 15 is 0 Å². The van der Waals surface area contributed by atoms with Gasteiger partial charge in [0, 0.05) is 12.5 Å². The van der Waals surface area contributed by atoms with Crippen LogP contribution in [0.5, 0.6) is 0 Å². The van der Waals surface area contributed by atoms with Crippen LogP contribution in [0.1, 0.15) is 18.7 Å². The standard InChI is InChI=1S/C12H14BrN3/c13-11-5-1-4-10-8-15-12(16(10)11)7-9-3-2-6-14-9/h1,4-5,8-9,14H,2-3,6-7H2. The van der Waals surface area contributed by atoms with Gasteiger partial charge in [-0.05, 0) is 47.4 Å².